The second-order valence-corrected chi connectivity index (χ2v) is 7.33. The first-order valence-corrected chi connectivity index (χ1v) is 9.31. The zero-order chi connectivity index (χ0) is 17.2. The SMILES string of the molecule is Cc1ccccc1C[NH+]1CCN(c2cc[nH+]c3cc(Cl)ccc23)CC1. The lowest BCUT2D eigenvalue weighted by Crippen LogP contribution is -3.13. The highest BCUT2D eigenvalue weighted by molar-refractivity contribution is 6.31. The molecule has 1 saturated heterocycles. The average molecular weight is 354 g/mol. The molecule has 2 heterocycles. The Kier molecular flexibility index (Phi) is 4.60. The van der Waals surface area contributed by atoms with E-state index in [2.05, 4.69) is 53.2 Å². The van der Waals surface area contributed by atoms with E-state index >= 15 is 0 Å². The van der Waals surface area contributed by atoms with Gasteiger partial charge in [0, 0.05) is 22.7 Å². The topological polar surface area (TPSA) is 21.8 Å². The molecule has 0 bridgehead atoms. The van der Waals surface area contributed by atoms with Crippen LogP contribution in [0.3, 0.4) is 0 Å². The lowest BCUT2D eigenvalue weighted by Gasteiger charge is -2.34. The molecule has 2 aromatic carbocycles. The minimum atomic E-state index is 0.772. The molecule has 0 saturated carbocycles. The number of aromatic amines is 1. The van der Waals surface area contributed by atoms with Gasteiger partial charge in [-0.1, -0.05) is 35.9 Å². The number of pyridine rings is 1. The highest BCUT2D eigenvalue weighted by atomic mass is 35.5. The van der Waals surface area contributed by atoms with Crippen LogP contribution in [0.1, 0.15) is 11.1 Å². The van der Waals surface area contributed by atoms with E-state index in [0.717, 1.165) is 30.2 Å². The van der Waals surface area contributed by atoms with Crippen molar-refractivity contribution in [3.63, 3.8) is 0 Å². The molecule has 25 heavy (non-hydrogen) atoms. The number of nitrogens with one attached hydrogen (secondary N) is 2. The third kappa shape index (κ3) is 3.48. The van der Waals surface area contributed by atoms with Gasteiger partial charge in [0.05, 0.1) is 37.3 Å². The Morgan fingerprint density at radius 2 is 1.88 bits per heavy atom. The smallest absolute Gasteiger partial charge is 0.214 e. The number of halogens is 1. The molecule has 0 spiro atoms. The van der Waals surface area contributed by atoms with Crippen LogP contribution < -0.4 is 14.8 Å². The van der Waals surface area contributed by atoms with Gasteiger partial charge in [-0.05, 0) is 24.6 Å². The van der Waals surface area contributed by atoms with Crippen LogP contribution in [-0.2, 0) is 6.54 Å². The van der Waals surface area contributed by atoms with Crippen LogP contribution in [0.5, 0.6) is 0 Å². The minimum absolute atomic E-state index is 0.772. The Morgan fingerprint density at radius 3 is 2.68 bits per heavy atom. The van der Waals surface area contributed by atoms with E-state index in [0.29, 0.717) is 0 Å². The summed E-state index contributed by atoms with van der Waals surface area (Å²) in [7, 11) is 0. The highest BCUT2D eigenvalue weighted by Crippen LogP contribution is 2.26. The number of quaternary nitrogens is 1. The van der Waals surface area contributed by atoms with Gasteiger partial charge in [-0.15, -0.1) is 0 Å². The largest absolute Gasteiger partial charge is 0.359 e. The maximum absolute atomic E-state index is 6.13. The molecule has 0 atom stereocenters. The lowest BCUT2D eigenvalue weighted by atomic mass is 10.1. The van der Waals surface area contributed by atoms with Gasteiger partial charge >= 0.3 is 0 Å². The van der Waals surface area contributed by atoms with Crippen molar-refractivity contribution in [3.05, 3.63) is 70.9 Å². The Bertz CT molecular complexity index is 885. The van der Waals surface area contributed by atoms with Crippen LogP contribution in [0.25, 0.3) is 10.9 Å². The maximum atomic E-state index is 6.13. The second kappa shape index (κ2) is 7.03. The monoisotopic (exact) mass is 353 g/mol. The summed E-state index contributed by atoms with van der Waals surface area (Å²) in [5, 5.41) is 2.02. The molecule has 4 rings (SSSR count). The molecule has 0 unspecified atom stereocenters. The van der Waals surface area contributed by atoms with Crippen molar-refractivity contribution < 1.29 is 9.88 Å². The summed E-state index contributed by atoms with van der Waals surface area (Å²) >= 11 is 6.13. The van der Waals surface area contributed by atoms with Crippen molar-refractivity contribution in [1.82, 2.24) is 0 Å². The van der Waals surface area contributed by atoms with Crippen LogP contribution in [0.4, 0.5) is 5.69 Å². The average Bonchev–Trinajstić information content (AvgIpc) is 2.63. The molecular weight excluding hydrogens is 330 g/mol. The Labute approximate surface area is 153 Å². The summed E-state index contributed by atoms with van der Waals surface area (Å²) in [5.41, 5.74) is 5.28. The fraction of sp³-hybridized carbons (Fsp3) is 0.286. The van der Waals surface area contributed by atoms with Crippen LogP contribution >= 0.6 is 11.6 Å². The normalized spacial score (nSPS) is 15.7. The van der Waals surface area contributed by atoms with Gasteiger partial charge < -0.3 is 9.80 Å². The van der Waals surface area contributed by atoms with E-state index in [1.807, 2.05) is 18.3 Å². The molecule has 3 nitrogen and oxygen atoms in total. The zero-order valence-corrected chi connectivity index (χ0v) is 15.3. The van der Waals surface area contributed by atoms with E-state index in [1.165, 1.54) is 35.3 Å². The number of hydrogen-bond acceptors (Lipinski definition) is 1. The van der Waals surface area contributed by atoms with Crippen LogP contribution in [0.15, 0.2) is 54.7 Å². The maximum Gasteiger partial charge on any atom is 0.214 e. The number of fused-ring (bicyclic) bond motifs is 1. The Balaban J connectivity index is 1.48. The number of rotatable bonds is 3. The third-order valence-corrected chi connectivity index (χ3v) is 5.49. The number of aromatic nitrogens is 1. The van der Waals surface area contributed by atoms with Crippen LogP contribution in [-0.4, -0.2) is 26.2 Å². The van der Waals surface area contributed by atoms with Crippen molar-refractivity contribution in [2.45, 2.75) is 13.5 Å². The number of H-pyrrole nitrogens is 1. The van der Waals surface area contributed by atoms with E-state index in [1.54, 1.807) is 4.90 Å². The van der Waals surface area contributed by atoms with Gasteiger partial charge in [0.15, 0.2) is 6.20 Å². The van der Waals surface area contributed by atoms with Crippen LogP contribution in [0.2, 0.25) is 5.02 Å². The second-order valence-electron chi connectivity index (χ2n) is 6.89. The van der Waals surface area contributed by atoms with Gasteiger partial charge in [-0.2, -0.15) is 0 Å². The quantitative estimate of drug-likeness (QED) is 0.767. The number of nitrogens with zero attached hydrogens (tertiary/aromatic N) is 1. The van der Waals surface area contributed by atoms with Crippen molar-refractivity contribution in [3.8, 4) is 0 Å². The first-order valence-electron chi connectivity index (χ1n) is 8.94. The molecule has 3 aromatic rings. The van der Waals surface area contributed by atoms with E-state index in [4.69, 9.17) is 11.6 Å². The molecule has 128 valence electrons. The van der Waals surface area contributed by atoms with Gasteiger partial charge in [0.25, 0.3) is 0 Å². The standard InChI is InChI=1S/C21H22ClN3/c1-16-4-2-3-5-17(16)15-24-10-12-25(13-11-24)21-8-9-23-20-14-18(22)6-7-19(20)21/h2-9,14H,10-13,15H2,1H3/p+2. The van der Waals surface area contributed by atoms with Gasteiger partial charge in [-0.25, -0.2) is 4.98 Å². The zero-order valence-electron chi connectivity index (χ0n) is 14.6. The van der Waals surface area contributed by atoms with Crippen molar-refractivity contribution in [1.29, 1.82) is 0 Å². The first kappa shape index (κ1) is 16.4. The molecule has 0 aliphatic carbocycles. The summed E-state index contributed by atoms with van der Waals surface area (Å²) < 4.78 is 0. The molecule has 0 radical (unpaired) electrons. The van der Waals surface area contributed by atoms with E-state index < -0.39 is 0 Å². The van der Waals surface area contributed by atoms with Gasteiger partial charge in [0.1, 0.15) is 6.54 Å². The number of piperazine rings is 1. The van der Waals surface area contributed by atoms with Crippen molar-refractivity contribution >= 4 is 28.2 Å². The highest BCUT2D eigenvalue weighted by Gasteiger charge is 2.23. The summed E-state index contributed by atoms with van der Waals surface area (Å²) in [4.78, 5) is 7.47. The van der Waals surface area contributed by atoms with Crippen molar-refractivity contribution in [2.24, 2.45) is 0 Å². The minimum Gasteiger partial charge on any atom is -0.359 e. The number of anilines is 1. The summed E-state index contributed by atoms with van der Waals surface area (Å²) in [6, 6.07) is 17.0. The number of hydrogen-bond donors (Lipinski definition) is 1. The van der Waals surface area contributed by atoms with Crippen LogP contribution in [0, 0.1) is 6.92 Å². The molecule has 1 aliphatic rings. The molecule has 1 aromatic heterocycles. The first-order chi connectivity index (χ1) is 12.2. The van der Waals surface area contributed by atoms with E-state index in [9.17, 15) is 0 Å². The summed E-state index contributed by atoms with van der Waals surface area (Å²) in [5.74, 6) is 0. The van der Waals surface area contributed by atoms with Gasteiger partial charge in [0.2, 0.25) is 5.52 Å². The lowest BCUT2D eigenvalue weighted by molar-refractivity contribution is -0.914. The predicted octanol–water partition coefficient (Wildman–Crippen LogP) is 2.52. The molecule has 1 fully saturated rings. The van der Waals surface area contributed by atoms with Crippen molar-refractivity contribution in [2.75, 3.05) is 31.1 Å². The number of aryl methyl sites for hydroxylation is 1. The fourth-order valence-electron chi connectivity index (χ4n) is 3.75. The summed E-state index contributed by atoms with van der Waals surface area (Å²) in [6.07, 6.45) is 2.01. The molecule has 4 heteroatoms. The Morgan fingerprint density at radius 1 is 1.08 bits per heavy atom. The molecular formula is C21H24ClN3+2. The summed E-state index contributed by atoms with van der Waals surface area (Å²) in [6.45, 7) is 7.85. The van der Waals surface area contributed by atoms with Gasteiger partial charge in [-0.3, -0.25) is 0 Å². The number of benzene rings is 2. The molecule has 1 aliphatic heterocycles. The molecule has 2 N–H and O–H groups in total. The van der Waals surface area contributed by atoms with E-state index in [-0.39, 0.29) is 0 Å². The fourth-order valence-corrected chi connectivity index (χ4v) is 3.93. The third-order valence-electron chi connectivity index (χ3n) is 5.25. The molecule has 0 amide bonds. The predicted molar refractivity (Wildman–Crippen MR) is 103 cm³/mol. The Hall–Kier alpha value is -2.10.